The van der Waals surface area contributed by atoms with E-state index in [1.54, 1.807) is 32.0 Å². The van der Waals surface area contributed by atoms with Gasteiger partial charge in [0.1, 0.15) is 25.1 Å². The fourth-order valence-electron chi connectivity index (χ4n) is 1.28. The molecular formula is C12H15N3O4. The smallest absolute Gasteiger partial charge is 0.276 e. The average Bonchev–Trinajstić information content (AvgIpc) is 2.39. The lowest BCUT2D eigenvalue weighted by atomic mass is 10.2. The fourth-order valence-corrected chi connectivity index (χ4v) is 1.28. The van der Waals surface area contributed by atoms with Crippen LogP contribution >= 0.6 is 0 Å². The van der Waals surface area contributed by atoms with Crippen molar-refractivity contribution in [2.45, 2.75) is 20.5 Å². The van der Waals surface area contributed by atoms with Crippen molar-refractivity contribution in [3.05, 3.63) is 39.9 Å². The SMILES string of the molecule is CO/N=C(C)/C(C)=N/OCc1ccccc1[N+](=O)[O-]. The summed E-state index contributed by atoms with van der Waals surface area (Å²) in [5, 5.41) is 18.3. The number of hydrogen-bond donors (Lipinski definition) is 0. The van der Waals surface area contributed by atoms with Crippen molar-refractivity contribution >= 4 is 17.1 Å². The van der Waals surface area contributed by atoms with Gasteiger partial charge >= 0.3 is 0 Å². The molecule has 0 bridgehead atoms. The molecule has 0 fully saturated rings. The first-order chi connectivity index (χ1) is 9.06. The van der Waals surface area contributed by atoms with Crippen LogP contribution in [0.5, 0.6) is 0 Å². The van der Waals surface area contributed by atoms with E-state index in [4.69, 9.17) is 4.84 Å². The van der Waals surface area contributed by atoms with E-state index >= 15 is 0 Å². The number of nitro groups is 1. The van der Waals surface area contributed by atoms with Gasteiger partial charge in [0.25, 0.3) is 5.69 Å². The van der Waals surface area contributed by atoms with Crippen LogP contribution in [0.25, 0.3) is 0 Å². The summed E-state index contributed by atoms with van der Waals surface area (Å²) in [6.45, 7) is 3.45. The Labute approximate surface area is 110 Å². The molecule has 0 unspecified atom stereocenters. The van der Waals surface area contributed by atoms with Gasteiger partial charge in [-0.25, -0.2) is 0 Å². The van der Waals surface area contributed by atoms with E-state index in [0.29, 0.717) is 17.0 Å². The molecule has 0 aliphatic carbocycles. The summed E-state index contributed by atoms with van der Waals surface area (Å²) < 4.78 is 0. The van der Waals surface area contributed by atoms with Crippen LogP contribution in [0.4, 0.5) is 5.69 Å². The highest BCUT2D eigenvalue weighted by molar-refractivity contribution is 6.40. The van der Waals surface area contributed by atoms with E-state index in [1.165, 1.54) is 13.2 Å². The lowest BCUT2D eigenvalue weighted by Crippen LogP contribution is -2.07. The Bertz CT molecular complexity index is 511. The zero-order valence-electron chi connectivity index (χ0n) is 11.0. The molecule has 19 heavy (non-hydrogen) atoms. The van der Waals surface area contributed by atoms with Gasteiger partial charge in [-0.05, 0) is 19.9 Å². The van der Waals surface area contributed by atoms with E-state index in [1.807, 2.05) is 0 Å². The molecule has 0 spiro atoms. The number of rotatable bonds is 6. The Kier molecular flexibility index (Phi) is 5.46. The van der Waals surface area contributed by atoms with Crippen LogP contribution in [-0.2, 0) is 16.3 Å². The Morgan fingerprint density at radius 3 is 2.53 bits per heavy atom. The maximum atomic E-state index is 10.8. The molecule has 1 aromatic rings. The van der Waals surface area contributed by atoms with Gasteiger partial charge < -0.3 is 9.68 Å². The molecule has 0 atom stereocenters. The van der Waals surface area contributed by atoms with Crippen molar-refractivity contribution < 1.29 is 14.6 Å². The van der Waals surface area contributed by atoms with Crippen LogP contribution < -0.4 is 0 Å². The van der Waals surface area contributed by atoms with Crippen LogP contribution in [0.2, 0.25) is 0 Å². The molecule has 1 aromatic carbocycles. The van der Waals surface area contributed by atoms with Crippen molar-refractivity contribution in [1.29, 1.82) is 0 Å². The van der Waals surface area contributed by atoms with Crippen molar-refractivity contribution in [1.82, 2.24) is 0 Å². The third-order valence-corrected chi connectivity index (χ3v) is 2.36. The summed E-state index contributed by atoms with van der Waals surface area (Å²) in [4.78, 5) is 20.0. The first kappa shape index (κ1) is 14.6. The summed E-state index contributed by atoms with van der Waals surface area (Å²) in [6.07, 6.45) is 0. The summed E-state index contributed by atoms with van der Waals surface area (Å²) in [5.41, 5.74) is 1.59. The number of nitro benzene ring substituents is 1. The summed E-state index contributed by atoms with van der Waals surface area (Å²) >= 11 is 0. The van der Waals surface area contributed by atoms with Gasteiger partial charge in [0.2, 0.25) is 0 Å². The summed E-state index contributed by atoms with van der Waals surface area (Å²) in [6, 6.07) is 6.36. The molecule has 0 aliphatic heterocycles. The zero-order valence-corrected chi connectivity index (χ0v) is 11.0. The molecule has 1 rings (SSSR count). The molecule has 0 N–H and O–H groups in total. The molecule has 0 heterocycles. The Morgan fingerprint density at radius 1 is 1.26 bits per heavy atom. The Balaban J connectivity index is 2.71. The van der Waals surface area contributed by atoms with E-state index in [0.717, 1.165) is 0 Å². The maximum Gasteiger partial charge on any atom is 0.276 e. The number of nitrogens with zero attached hydrogens (tertiary/aromatic N) is 3. The van der Waals surface area contributed by atoms with Crippen LogP contribution in [0.15, 0.2) is 34.6 Å². The van der Waals surface area contributed by atoms with E-state index in [9.17, 15) is 10.1 Å². The minimum Gasteiger partial charge on any atom is -0.399 e. The highest BCUT2D eigenvalue weighted by Crippen LogP contribution is 2.18. The van der Waals surface area contributed by atoms with Crippen LogP contribution in [0, 0.1) is 10.1 Å². The summed E-state index contributed by atoms with van der Waals surface area (Å²) in [5.74, 6) is 0. The summed E-state index contributed by atoms with van der Waals surface area (Å²) in [7, 11) is 1.44. The van der Waals surface area contributed by atoms with Crippen molar-refractivity contribution in [2.75, 3.05) is 7.11 Å². The average molecular weight is 265 g/mol. The quantitative estimate of drug-likeness (QED) is 0.449. The van der Waals surface area contributed by atoms with Gasteiger partial charge in [-0.3, -0.25) is 10.1 Å². The molecule has 7 heteroatoms. The van der Waals surface area contributed by atoms with E-state index in [-0.39, 0.29) is 12.3 Å². The fraction of sp³-hybridized carbons (Fsp3) is 0.333. The molecule has 102 valence electrons. The van der Waals surface area contributed by atoms with Gasteiger partial charge in [0.15, 0.2) is 0 Å². The Morgan fingerprint density at radius 2 is 1.89 bits per heavy atom. The third kappa shape index (κ3) is 4.38. The molecule has 0 radical (unpaired) electrons. The van der Waals surface area contributed by atoms with Crippen LogP contribution in [0.3, 0.4) is 0 Å². The highest BCUT2D eigenvalue weighted by Gasteiger charge is 2.12. The normalized spacial score (nSPS) is 12.2. The predicted molar refractivity (Wildman–Crippen MR) is 71.1 cm³/mol. The van der Waals surface area contributed by atoms with Crippen molar-refractivity contribution in [2.24, 2.45) is 10.3 Å². The predicted octanol–water partition coefficient (Wildman–Crippen LogP) is 2.51. The first-order valence-electron chi connectivity index (χ1n) is 5.53. The molecule has 0 aliphatic rings. The lowest BCUT2D eigenvalue weighted by Gasteiger charge is -2.03. The number of oxime groups is 2. The third-order valence-electron chi connectivity index (χ3n) is 2.36. The molecule has 0 saturated carbocycles. The van der Waals surface area contributed by atoms with E-state index < -0.39 is 4.92 Å². The minimum absolute atomic E-state index is 0.0117. The van der Waals surface area contributed by atoms with Gasteiger partial charge in [0.05, 0.1) is 10.5 Å². The molecule has 0 aromatic heterocycles. The Hall–Kier alpha value is -2.44. The van der Waals surface area contributed by atoms with E-state index in [2.05, 4.69) is 15.1 Å². The minimum atomic E-state index is -0.451. The number of benzene rings is 1. The molecule has 0 amide bonds. The number of hydrogen-bond acceptors (Lipinski definition) is 6. The van der Waals surface area contributed by atoms with Crippen LogP contribution in [0.1, 0.15) is 19.4 Å². The zero-order chi connectivity index (χ0) is 14.3. The topological polar surface area (TPSA) is 86.3 Å². The second-order valence-corrected chi connectivity index (χ2v) is 3.70. The van der Waals surface area contributed by atoms with Gasteiger partial charge in [-0.15, -0.1) is 0 Å². The first-order valence-corrected chi connectivity index (χ1v) is 5.53. The molecular weight excluding hydrogens is 250 g/mol. The van der Waals surface area contributed by atoms with Crippen molar-refractivity contribution in [3.8, 4) is 0 Å². The molecule has 0 saturated heterocycles. The van der Waals surface area contributed by atoms with Crippen molar-refractivity contribution in [3.63, 3.8) is 0 Å². The van der Waals surface area contributed by atoms with Gasteiger partial charge in [-0.1, -0.05) is 22.4 Å². The monoisotopic (exact) mass is 265 g/mol. The lowest BCUT2D eigenvalue weighted by molar-refractivity contribution is -0.386. The van der Waals surface area contributed by atoms with Gasteiger partial charge in [-0.2, -0.15) is 0 Å². The number of para-hydroxylation sites is 1. The maximum absolute atomic E-state index is 10.8. The highest BCUT2D eigenvalue weighted by atomic mass is 16.6. The second-order valence-electron chi connectivity index (χ2n) is 3.70. The molecule has 7 nitrogen and oxygen atoms in total. The largest absolute Gasteiger partial charge is 0.399 e. The van der Waals surface area contributed by atoms with Gasteiger partial charge in [0, 0.05) is 6.07 Å². The second kappa shape index (κ2) is 7.10. The standard InChI is InChI=1S/C12H15N3O4/c1-9(13-18-3)10(2)14-19-8-11-6-4-5-7-12(11)15(16)17/h4-7H,8H2,1-3H3/b13-9+,14-10+. The van der Waals surface area contributed by atoms with Crippen LogP contribution in [-0.4, -0.2) is 23.5 Å².